The lowest BCUT2D eigenvalue weighted by Gasteiger charge is -2.18. The van der Waals surface area contributed by atoms with Crippen molar-refractivity contribution in [3.05, 3.63) is 69.2 Å². The fourth-order valence-corrected chi connectivity index (χ4v) is 3.09. The lowest BCUT2D eigenvalue weighted by molar-refractivity contribution is 0.422. The lowest BCUT2D eigenvalue weighted by atomic mass is 10.1. The van der Waals surface area contributed by atoms with Crippen LogP contribution in [0.25, 0.3) is 0 Å². The normalized spacial score (nSPS) is 13.1. The van der Waals surface area contributed by atoms with Crippen LogP contribution in [0.3, 0.4) is 0 Å². The fourth-order valence-electron chi connectivity index (χ4n) is 2.89. The minimum absolute atomic E-state index is 0. The molecule has 0 amide bonds. The molecule has 0 aliphatic carbocycles. The van der Waals surface area contributed by atoms with Crippen molar-refractivity contribution in [2.75, 3.05) is 0 Å². The molecule has 1 N–H and O–H groups in total. The van der Waals surface area contributed by atoms with Gasteiger partial charge >= 0.3 is 0 Å². The summed E-state index contributed by atoms with van der Waals surface area (Å²) in [7, 11) is 0. The van der Waals surface area contributed by atoms with Crippen LogP contribution in [-0.4, -0.2) is 10.7 Å². The highest BCUT2D eigenvalue weighted by Gasteiger charge is 2.24. The van der Waals surface area contributed by atoms with Gasteiger partial charge in [0.2, 0.25) is 0 Å². The summed E-state index contributed by atoms with van der Waals surface area (Å²) in [5.74, 6) is 0.593. The molecular formula is C17H18BrClN2. The third-order valence-corrected chi connectivity index (χ3v) is 3.89. The third kappa shape index (κ3) is 3.30. The molecule has 1 heterocycles. The predicted octanol–water partition coefficient (Wildman–Crippen LogP) is 4.88. The van der Waals surface area contributed by atoms with E-state index in [4.69, 9.17) is 17.0 Å². The van der Waals surface area contributed by atoms with Gasteiger partial charge < -0.3 is 4.90 Å². The van der Waals surface area contributed by atoms with Crippen molar-refractivity contribution in [3.8, 4) is 0 Å². The van der Waals surface area contributed by atoms with E-state index in [1.165, 1.54) is 16.7 Å². The highest BCUT2D eigenvalue weighted by Crippen LogP contribution is 2.27. The SMILES string of the molecule is Br.Cc1cc(C)cc(CN2Cc3cc(Cl)ccc3C2=N)c1. The molecule has 0 spiro atoms. The third-order valence-electron chi connectivity index (χ3n) is 3.65. The van der Waals surface area contributed by atoms with Gasteiger partial charge in [-0.1, -0.05) is 40.9 Å². The van der Waals surface area contributed by atoms with E-state index in [9.17, 15) is 0 Å². The number of rotatable bonds is 2. The van der Waals surface area contributed by atoms with Gasteiger partial charge in [0.05, 0.1) is 0 Å². The quantitative estimate of drug-likeness (QED) is 0.807. The number of hydrogen-bond donors (Lipinski definition) is 1. The van der Waals surface area contributed by atoms with Crippen LogP contribution in [0.4, 0.5) is 0 Å². The van der Waals surface area contributed by atoms with E-state index < -0.39 is 0 Å². The van der Waals surface area contributed by atoms with E-state index in [-0.39, 0.29) is 17.0 Å². The summed E-state index contributed by atoms with van der Waals surface area (Å²) in [5, 5.41) is 9.04. The smallest absolute Gasteiger partial charge is 0.129 e. The number of fused-ring (bicyclic) bond motifs is 1. The Hall–Kier alpha value is -1.32. The Morgan fingerprint density at radius 1 is 1.10 bits per heavy atom. The first kappa shape index (κ1) is 16.1. The molecule has 0 saturated heterocycles. The Labute approximate surface area is 141 Å². The Balaban J connectivity index is 0.00000161. The first-order valence-corrected chi connectivity index (χ1v) is 7.10. The molecule has 0 saturated carbocycles. The molecule has 0 unspecified atom stereocenters. The number of nitrogens with one attached hydrogen (secondary N) is 1. The van der Waals surface area contributed by atoms with Crippen LogP contribution in [0, 0.1) is 19.3 Å². The molecule has 0 bridgehead atoms. The van der Waals surface area contributed by atoms with Crippen molar-refractivity contribution in [1.82, 2.24) is 4.90 Å². The van der Waals surface area contributed by atoms with Crippen LogP contribution in [0.5, 0.6) is 0 Å². The number of aryl methyl sites for hydroxylation is 2. The molecule has 110 valence electrons. The van der Waals surface area contributed by atoms with E-state index in [1.54, 1.807) is 0 Å². The summed E-state index contributed by atoms with van der Waals surface area (Å²) in [5.41, 5.74) is 5.94. The van der Waals surface area contributed by atoms with E-state index in [1.807, 2.05) is 18.2 Å². The Kier molecular flexibility index (Phi) is 4.74. The summed E-state index contributed by atoms with van der Waals surface area (Å²) >= 11 is 6.03. The van der Waals surface area contributed by atoms with Gasteiger partial charge in [0, 0.05) is 23.7 Å². The Bertz CT molecular complexity index is 677. The van der Waals surface area contributed by atoms with E-state index in [0.717, 1.165) is 29.2 Å². The molecule has 4 heteroatoms. The average molecular weight is 366 g/mol. The molecule has 3 rings (SSSR count). The van der Waals surface area contributed by atoms with Crippen molar-refractivity contribution in [1.29, 1.82) is 5.41 Å². The minimum Gasteiger partial charge on any atom is -0.348 e. The number of benzene rings is 2. The molecule has 0 fully saturated rings. The van der Waals surface area contributed by atoms with Crippen LogP contribution in [0.15, 0.2) is 36.4 Å². The standard InChI is InChI=1S/C17H17ClN2.BrH/c1-11-5-12(2)7-13(6-11)9-20-10-14-8-15(18)3-4-16(14)17(20)19;/h3-8,19H,9-10H2,1-2H3;1H. The second-order valence-electron chi connectivity index (χ2n) is 5.50. The summed E-state index contributed by atoms with van der Waals surface area (Å²) in [6.45, 7) is 5.76. The Morgan fingerprint density at radius 2 is 1.76 bits per heavy atom. The average Bonchev–Trinajstić information content (AvgIpc) is 2.64. The fraction of sp³-hybridized carbons (Fsp3) is 0.235. The molecule has 1 aliphatic heterocycles. The predicted molar refractivity (Wildman–Crippen MR) is 93.8 cm³/mol. The van der Waals surface area contributed by atoms with Crippen molar-refractivity contribution in [3.63, 3.8) is 0 Å². The summed E-state index contributed by atoms with van der Waals surface area (Å²) < 4.78 is 0. The molecule has 2 nitrogen and oxygen atoms in total. The highest BCUT2D eigenvalue weighted by atomic mass is 79.9. The van der Waals surface area contributed by atoms with Gasteiger partial charge in [-0.2, -0.15) is 0 Å². The topological polar surface area (TPSA) is 27.1 Å². The summed E-state index contributed by atoms with van der Waals surface area (Å²) in [6, 6.07) is 12.3. The van der Waals surface area contributed by atoms with Crippen molar-refractivity contribution >= 4 is 34.4 Å². The monoisotopic (exact) mass is 364 g/mol. The molecular weight excluding hydrogens is 348 g/mol. The van der Waals surface area contributed by atoms with Crippen molar-refractivity contribution in [2.45, 2.75) is 26.9 Å². The zero-order chi connectivity index (χ0) is 14.3. The Morgan fingerprint density at radius 3 is 2.43 bits per heavy atom. The van der Waals surface area contributed by atoms with Crippen LogP contribution in [0.2, 0.25) is 5.02 Å². The van der Waals surface area contributed by atoms with E-state index in [2.05, 4.69) is 36.9 Å². The first-order chi connectivity index (χ1) is 9.52. The lowest BCUT2D eigenvalue weighted by Crippen LogP contribution is -2.23. The van der Waals surface area contributed by atoms with Crippen LogP contribution < -0.4 is 0 Å². The molecule has 21 heavy (non-hydrogen) atoms. The van der Waals surface area contributed by atoms with Gasteiger partial charge in [-0.25, -0.2) is 0 Å². The minimum atomic E-state index is 0. The van der Waals surface area contributed by atoms with Gasteiger partial charge in [-0.05, 0) is 43.2 Å². The van der Waals surface area contributed by atoms with Crippen LogP contribution in [0.1, 0.15) is 27.8 Å². The molecule has 0 aromatic heterocycles. The number of halogens is 2. The molecule has 2 aromatic carbocycles. The summed E-state index contributed by atoms with van der Waals surface area (Å²) in [4.78, 5) is 2.09. The van der Waals surface area contributed by atoms with Gasteiger partial charge in [0.25, 0.3) is 0 Å². The van der Waals surface area contributed by atoms with Gasteiger partial charge in [0.1, 0.15) is 5.84 Å². The largest absolute Gasteiger partial charge is 0.348 e. The number of amidine groups is 1. The molecule has 2 aromatic rings. The summed E-state index contributed by atoms with van der Waals surface area (Å²) in [6.07, 6.45) is 0. The van der Waals surface area contributed by atoms with Crippen molar-refractivity contribution in [2.24, 2.45) is 0 Å². The maximum Gasteiger partial charge on any atom is 0.129 e. The maximum absolute atomic E-state index is 8.30. The van der Waals surface area contributed by atoms with Crippen LogP contribution in [-0.2, 0) is 13.1 Å². The van der Waals surface area contributed by atoms with E-state index in [0.29, 0.717) is 5.84 Å². The van der Waals surface area contributed by atoms with Gasteiger partial charge in [-0.3, -0.25) is 5.41 Å². The molecule has 0 atom stereocenters. The van der Waals surface area contributed by atoms with Gasteiger partial charge in [-0.15, -0.1) is 17.0 Å². The second-order valence-corrected chi connectivity index (χ2v) is 5.94. The highest BCUT2D eigenvalue weighted by molar-refractivity contribution is 8.93. The second kappa shape index (κ2) is 6.20. The van der Waals surface area contributed by atoms with Gasteiger partial charge in [0.15, 0.2) is 0 Å². The van der Waals surface area contributed by atoms with E-state index >= 15 is 0 Å². The first-order valence-electron chi connectivity index (χ1n) is 6.72. The zero-order valence-electron chi connectivity index (χ0n) is 12.1. The number of hydrogen-bond acceptors (Lipinski definition) is 1. The van der Waals surface area contributed by atoms with Crippen molar-refractivity contribution < 1.29 is 0 Å². The maximum atomic E-state index is 8.30. The molecule has 1 aliphatic rings. The number of nitrogens with zero attached hydrogens (tertiary/aromatic N) is 1. The zero-order valence-corrected chi connectivity index (χ0v) is 14.6. The molecule has 0 radical (unpaired) electrons. The van der Waals surface area contributed by atoms with Crippen LogP contribution >= 0.6 is 28.6 Å².